The van der Waals surface area contributed by atoms with Crippen molar-refractivity contribution in [3.8, 4) is 17.0 Å². The van der Waals surface area contributed by atoms with Gasteiger partial charge in [0.1, 0.15) is 23.3 Å². The quantitative estimate of drug-likeness (QED) is 0.454. The van der Waals surface area contributed by atoms with Crippen LogP contribution in [0.4, 0.5) is 0 Å². The van der Waals surface area contributed by atoms with Gasteiger partial charge in [-0.3, -0.25) is 9.59 Å². The number of carbonyl (C=O) groups is 2. The Balaban J connectivity index is 1.41. The maximum absolute atomic E-state index is 13.5. The number of hydrogen-bond donors (Lipinski definition) is 3. The molecule has 1 aromatic carbocycles. The second-order valence-corrected chi connectivity index (χ2v) is 10.6. The van der Waals surface area contributed by atoms with Crippen LogP contribution in [0.2, 0.25) is 0 Å². The molecule has 2 amide bonds. The van der Waals surface area contributed by atoms with Gasteiger partial charge in [-0.2, -0.15) is 0 Å². The maximum Gasteiger partial charge on any atom is 0.255 e. The molecule has 36 heavy (non-hydrogen) atoms. The van der Waals surface area contributed by atoms with Crippen molar-refractivity contribution < 1.29 is 14.3 Å². The number of fused-ring (bicyclic) bond motifs is 1. The van der Waals surface area contributed by atoms with Crippen LogP contribution in [0, 0.1) is 25.7 Å². The highest BCUT2D eigenvalue weighted by molar-refractivity contribution is 6.09. The molecule has 3 unspecified atom stereocenters. The van der Waals surface area contributed by atoms with Gasteiger partial charge in [-0.1, -0.05) is 18.6 Å². The van der Waals surface area contributed by atoms with E-state index in [4.69, 9.17) is 4.74 Å². The van der Waals surface area contributed by atoms with Gasteiger partial charge in [-0.25, -0.2) is 9.97 Å². The zero-order valence-corrected chi connectivity index (χ0v) is 21.5. The van der Waals surface area contributed by atoms with E-state index in [2.05, 4.69) is 38.6 Å². The lowest BCUT2D eigenvalue weighted by atomic mass is 9.82. The van der Waals surface area contributed by atoms with Gasteiger partial charge >= 0.3 is 0 Å². The van der Waals surface area contributed by atoms with Gasteiger partial charge in [-0.15, -0.1) is 0 Å². The van der Waals surface area contributed by atoms with Gasteiger partial charge in [0.2, 0.25) is 5.91 Å². The Morgan fingerprint density at radius 2 is 1.92 bits per heavy atom. The predicted octanol–water partition coefficient (Wildman–Crippen LogP) is 4.45. The van der Waals surface area contributed by atoms with E-state index in [0.717, 1.165) is 53.0 Å². The molecule has 0 spiro atoms. The van der Waals surface area contributed by atoms with Crippen LogP contribution in [0.1, 0.15) is 67.6 Å². The molecule has 2 saturated carbocycles. The largest absolute Gasteiger partial charge is 0.493 e. The number of ether oxygens (including phenoxy) is 1. The Morgan fingerprint density at radius 1 is 1.11 bits per heavy atom. The zero-order valence-electron chi connectivity index (χ0n) is 21.5. The number of amides is 2. The first-order valence-electron chi connectivity index (χ1n) is 12.9. The molecule has 2 fully saturated rings. The minimum atomic E-state index is -0.132. The van der Waals surface area contributed by atoms with E-state index in [1.807, 2.05) is 26.0 Å². The number of rotatable bonds is 7. The predicted molar refractivity (Wildman–Crippen MR) is 139 cm³/mol. The number of nitrogens with zero attached hydrogens (tertiary/aromatic N) is 2. The summed E-state index contributed by atoms with van der Waals surface area (Å²) in [6, 6.07) is 6.34. The molecule has 2 heterocycles. The number of aromatic nitrogens is 3. The minimum Gasteiger partial charge on any atom is -0.493 e. The molecule has 3 atom stereocenters. The normalized spacial score (nSPS) is 21.8. The molecule has 0 saturated heterocycles. The highest BCUT2D eigenvalue weighted by Gasteiger charge is 2.31. The molecule has 2 aromatic heterocycles. The molecule has 3 N–H and O–H groups in total. The summed E-state index contributed by atoms with van der Waals surface area (Å²) in [5.41, 5.74) is 5.42. The first kappa shape index (κ1) is 24.3. The van der Waals surface area contributed by atoms with E-state index in [-0.39, 0.29) is 29.8 Å². The highest BCUT2D eigenvalue weighted by Crippen LogP contribution is 2.37. The average Bonchev–Trinajstić information content (AvgIpc) is 3.59. The third kappa shape index (κ3) is 5.08. The van der Waals surface area contributed by atoms with Crippen LogP contribution in [0.15, 0.2) is 24.5 Å². The van der Waals surface area contributed by atoms with Crippen molar-refractivity contribution in [1.29, 1.82) is 0 Å². The van der Waals surface area contributed by atoms with Crippen LogP contribution in [-0.4, -0.2) is 45.5 Å². The molecule has 8 heteroatoms. The molecule has 2 aliphatic rings. The fourth-order valence-electron chi connectivity index (χ4n) is 5.32. The molecule has 190 valence electrons. The number of aryl methyl sites for hydroxylation is 2. The lowest BCUT2D eigenvalue weighted by molar-refractivity contribution is -0.120. The molecule has 8 nitrogen and oxygen atoms in total. The van der Waals surface area contributed by atoms with Gasteiger partial charge in [0.15, 0.2) is 0 Å². The summed E-state index contributed by atoms with van der Waals surface area (Å²) < 4.78 is 6.17. The van der Waals surface area contributed by atoms with Gasteiger partial charge < -0.3 is 20.4 Å². The van der Waals surface area contributed by atoms with Crippen LogP contribution in [-0.2, 0) is 4.79 Å². The highest BCUT2D eigenvalue weighted by atomic mass is 16.5. The molecule has 0 bridgehead atoms. The van der Waals surface area contributed by atoms with E-state index in [1.165, 1.54) is 19.2 Å². The maximum atomic E-state index is 13.5. The summed E-state index contributed by atoms with van der Waals surface area (Å²) in [6.07, 6.45) is 6.49. The van der Waals surface area contributed by atoms with Crippen LogP contribution in [0.5, 0.6) is 5.75 Å². The third-order valence-electron chi connectivity index (χ3n) is 7.45. The molecule has 2 aliphatic carbocycles. The van der Waals surface area contributed by atoms with Crippen molar-refractivity contribution in [2.24, 2.45) is 11.8 Å². The molecular weight excluding hydrogens is 454 g/mol. The van der Waals surface area contributed by atoms with E-state index < -0.39 is 0 Å². The smallest absolute Gasteiger partial charge is 0.255 e. The summed E-state index contributed by atoms with van der Waals surface area (Å²) in [4.78, 5) is 37.4. The summed E-state index contributed by atoms with van der Waals surface area (Å²) in [7, 11) is 0. The number of hydrogen-bond acceptors (Lipinski definition) is 5. The monoisotopic (exact) mass is 489 g/mol. The minimum absolute atomic E-state index is 0.00528. The molecule has 3 aromatic rings. The van der Waals surface area contributed by atoms with E-state index in [0.29, 0.717) is 23.6 Å². The lowest BCUT2D eigenvalue weighted by Crippen LogP contribution is -2.47. The second-order valence-electron chi connectivity index (χ2n) is 10.6. The second kappa shape index (κ2) is 9.91. The summed E-state index contributed by atoms with van der Waals surface area (Å²) in [5.74, 6) is 1.56. The molecular formula is C28H35N5O3. The number of aromatic amines is 1. The third-order valence-corrected chi connectivity index (χ3v) is 7.45. The van der Waals surface area contributed by atoms with Crippen molar-refractivity contribution >= 4 is 22.8 Å². The molecule has 5 rings (SSSR count). The Morgan fingerprint density at radius 3 is 2.64 bits per heavy atom. The van der Waals surface area contributed by atoms with Crippen molar-refractivity contribution in [2.75, 3.05) is 6.61 Å². The standard InChI is InChI=1S/C28H35N5O3/c1-15-5-10-23(36-13-19-6-7-19)21(11-15)25-27-26(30-14-29-25)24(17(3)31-27)28(35)33-22-9-8-20(12-16(22)2)32-18(4)34/h5,10-11,14,16,19-20,22,31H,6-9,12-13H2,1-4H3,(H,32,34)(H,33,35). The van der Waals surface area contributed by atoms with Crippen molar-refractivity contribution in [3.05, 3.63) is 41.3 Å². The van der Waals surface area contributed by atoms with E-state index in [1.54, 1.807) is 6.92 Å². The summed E-state index contributed by atoms with van der Waals surface area (Å²) in [5, 5.41) is 6.25. The fraction of sp³-hybridized carbons (Fsp3) is 0.500. The first-order chi connectivity index (χ1) is 17.3. The summed E-state index contributed by atoms with van der Waals surface area (Å²) in [6.45, 7) is 8.34. The Hall–Kier alpha value is -3.42. The fourth-order valence-corrected chi connectivity index (χ4v) is 5.32. The van der Waals surface area contributed by atoms with Gasteiger partial charge in [0.25, 0.3) is 5.91 Å². The number of nitrogens with one attached hydrogen (secondary N) is 3. The number of carbonyl (C=O) groups excluding carboxylic acids is 2. The van der Waals surface area contributed by atoms with Gasteiger partial charge in [-0.05, 0) is 69.9 Å². The van der Waals surface area contributed by atoms with Crippen LogP contribution in [0.25, 0.3) is 22.3 Å². The van der Waals surface area contributed by atoms with E-state index in [9.17, 15) is 9.59 Å². The molecule has 0 aliphatic heterocycles. The Labute approximate surface area is 211 Å². The van der Waals surface area contributed by atoms with Crippen LogP contribution < -0.4 is 15.4 Å². The molecule has 0 radical (unpaired) electrons. The average molecular weight is 490 g/mol. The van der Waals surface area contributed by atoms with Crippen molar-refractivity contribution in [2.45, 2.75) is 71.9 Å². The topological polar surface area (TPSA) is 109 Å². The van der Waals surface area contributed by atoms with E-state index >= 15 is 0 Å². The summed E-state index contributed by atoms with van der Waals surface area (Å²) >= 11 is 0. The number of benzene rings is 1. The van der Waals surface area contributed by atoms with Crippen molar-refractivity contribution in [1.82, 2.24) is 25.6 Å². The Bertz CT molecular complexity index is 1300. The number of H-pyrrole nitrogens is 1. The van der Waals surface area contributed by atoms with Crippen molar-refractivity contribution in [3.63, 3.8) is 0 Å². The zero-order chi connectivity index (χ0) is 25.4. The first-order valence-corrected chi connectivity index (χ1v) is 12.9. The van der Waals surface area contributed by atoms with Crippen LogP contribution in [0.3, 0.4) is 0 Å². The Kier molecular flexibility index (Phi) is 6.69. The SMILES string of the molecule is CC(=O)NC1CCC(NC(=O)c2c(C)[nH]c3c(-c4cc(C)ccc4OCC4CC4)ncnc23)C(C)C1. The van der Waals surface area contributed by atoms with Crippen LogP contribution >= 0.6 is 0 Å². The van der Waals surface area contributed by atoms with Gasteiger partial charge in [0, 0.05) is 30.3 Å². The lowest BCUT2D eigenvalue weighted by Gasteiger charge is -2.34. The van der Waals surface area contributed by atoms with Gasteiger partial charge in [0.05, 0.1) is 17.7 Å².